The Labute approximate surface area is 147 Å². The lowest BCUT2D eigenvalue weighted by Crippen LogP contribution is -2.07. The van der Waals surface area contributed by atoms with Crippen LogP contribution in [0.4, 0.5) is 5.82 Å². The van der Waals surface area contributed by atoms with Gasteiger partial charge in [-0.1, -0.05) is 6.07 Å². The summed E-state index contributed by atoms with van der Waals surface area (Å²) in [6.07, 6.45) is 3.53. The van der Waals surface area contributed by atoms with Crippen molar-refractivity contribution >= 4 is 39.7 Å². The quantitative estimate of drug-likeness (QED) is 0.594. The van der Waals surface area contributed by atoms with Gasteiger partial charge < -0.3 is 5.32 Å². The average Bonchev–Trinajstić information content (AvgIpc) is 3.10. The zero-order valence-electron chi connectivity index (χ0n) is 12.1. The van der Waals surface area contributed by atoms with E-state index in [1.54, 1.807) is 11.3 Å². The first-order valence-electron chi connectivity index (χ1n) is 7.48. The fraction of sp³-hybridized carbons (Fsp3) is 0.235. The van der Waals surface area contributed by atoms with E-state index in [4.69, 9.17) is 5.10 Å². The molecule has 5 heteroatoms. The summed E-state index contributed by atoms with van der Waals surface area (Å²) in [6.45, 7) is 1.02. The Morgan fingerprint density at radius 2 is 2.00 bits per heavy atom. The van der Waals surface area contributed by atoms with Gasteiger partial charge in [-0.05, 0) is 77.6 Å². The van der Waals surface area contributed by atoms with E-state index in [0.29, 0.717) is 0 Å². The number of thiophene rings is 1. The van der Waals surface area contributed by atoms with Crippen LogP contribution in [0.5, 0.6) is 0 Å². The van der Waals surface area contributed by atoms with Gasteiger partial charge in [0.05, 0.1) is 10.6 Å². The lowest BCUT2D eigenvalue weighted by molar-refractivity contribution is 0.780. The number of nitrogens with one attached hydrogen (secondary N) is 1. The molecule has 0 radical (unpaired) electrons. The summed E-state index contributed by atoms with van der Waals surface area (Å²) in [5.41, 5.74) is 3.62. The molecule has 3 heterocycles. The summed E-state index contributed by atoms with van der Waals surface area (Å²) in [7, 11) is 0. The predicted molar refractivity (Wildman–Crippen MR) is 101 cm³/mol. The van der Waals surface area contributed by atoms with E-state index in [-0.39, 0.29) is 0 Å². The lowest BCUT2D eigenvalue weighted by atomic mass is 10.1. The minimum absolute atomic E-state index is 1.02. The molecule has 0 saturated carbocycles. The molecule has 2 aromatic heterocycles. The zero-order valence-corrected chi connectivity index (χ0v) is 15.0. The van der Waals surface area contributed by atoms with Gasteiger partial charge in [0.25, 0.3) is 0 Å². The highest BCUT2D eigenvalue weighted by atomic mass is 127. The zero-order chi connectivity index (χ0) is 14.9. The van der Waals surface area contributed by atoms with Crippen LogP contribution in [-0.4, -0.2) is 16.3 Å². The summed E-state index contributed by atoms with van der Waals surface area (Å²) in [5.74, 6) is 1.17. The molecule has 0 saturated heterocycles. The molecular weight excluding hydrogens is 405 g/mol. The molecule has 1 aromatic carbocycles. The number of anilines is 1. The fourth-order valence-electron chi connectivity index (χ4n) is 2.88. The molecule has 3 nitrogen and oxygen atoms in total. The van der Waals surface area contributed by atoms with E-state index in [1.165, 1.54) is 32.7 Å². The van der Waals surface area contributed by atoms with Crippen LogP contribution in [0, 0.1) is 3.57 Å². The maximum atomic E-state index is 4.94. The van der Waals surface area contributed by atoms with Crippen LogP contribution in [0.1, 0.15) is 18.4 Å². The highest BCUT2D eigenvalue weighted by molar-refractivity contribution is 14.1. The molecule has 112 valence electrons. The largest absolute Gasteiger partial charge is 0.370 e. The van der Waals surface area contributed by atoms with E-state index in [9.17, 15) is 0 Å². The van der Waals surface area contributed by atoms with Gasteiger partial charge in [0, 0.05) is 15.7 Å². The van der Waals surface area contributed by atoms with Gasteiger partial charge in [-0.15, -0.1) is 11.3 Å². The van der Waals surface area contributed by atoms with Crippen molar-refractivity contribution in [1.29, 1.82) is 0 Å². The minimum atomic E-state index is 1.02. The molecule has 22 heavy (non-hydrogen) atoms. The molecule has 1 N–H and O–H groups in total. The Bertz CT molecular complexity index is 775. The number of hydrogen-bond acceptors (Lipinski definition) is 3. The number of nitrogens with zero attached hydrogens (tertiary/aromatic N) is 2. The van der Waals surface area contributed by atoms with E-state index < -0.39 is 0 Å². The topological polar surface area (TPSA) is 29.9 Å². The third-order valence-electron chi connectivity index (χ3n) is 3.96. The van der Waals surface area contributed by atoms with Gasteiger partial charge >= 0.3 is 0 Å². The SMILES string of the molecule is Ic1ccc(-n2nc(-c3cccs3)c3c2NCCCC3)cc1. The van der Waals surface area contributed by atoms with Gasteiger partial charge in [-0.2, -0.15) is 5.10 Å². The van der Waals surface area contributed by atoms with Crippen LogP contribution in [0.2, 0.25) is 0 Å². The van der Waals surface area contributed by atoms with Crippen molar-refractivity contribution in [3.63, 3.8) is 0 Å². The van der Waals surface area contributed by atoms with Gasteiger partial charge in [0.2, 0.25) is 0 Å². The molecule has 1 aliphatic heterocycles. The van der Waals surface area contributed by atoms with Crippen molar-refractivity contribution in [2.24, 2.45) is 0 Å². The Morgan fingerprint density at radius 1 is 1.14 bits per heavy atom. The average molecular weight is 421 g/mol. The normalized spacial score (nSPS) is 14.2. The van der Waals surface area contributed by atoms with Crippen LogP contribution in [0.3, 0.4) is 0 Å². The number of aromatic nitrogens is 2. The number of halogens is 1. The summed E-state index contributed by atoms with van der Waals surface area (Å²) < 4.78 is 3.32. The van der Waals surface area contributed by atoms with Gasteiger partial charge in [0.1, 0.15) is 11.5 Å². The third kappa shape index (κ3) is 2.56. The summed E-state index contributed by atoms with van der Waals surface area (Å²) >= 11 is 4.10. The standard InChI is InChI=1S/C17H16IN3S/c18-12-6-8-13(9-7-12)21-17-14(4-1-2-10-19-17)16(20-21)15-5-3-11-22-15/h3,5-9,11,19H,1-2,4,10H2. The van der Waals surface area contributed by atoms with Crippen LogP contribution < -0.4 is 5.32 Å². The van der Waals surface area contributed by atoms with Crippen molar-refractivity contribution < 1.29 is 0 Å². The third-order valence-corrected chi connectivity index (χ3v) is 5.55. The molecule has 4 rings (SSSR count). The molecule has 1 aliphatic rings. The van der Waals surface area contributed by atoms with Gasteiger partial charge in [-0.3, -0.25) is 0 Å². The van der Waals surface area contributed by atoms with Gasteiger partial charge in [-0.25, -0.2) is 4.68 Å². The van der Waals surface area contributed by atoms with Crippen LogP contribution in [0.25, 0.3) is 16.3 Å². The predicted octanol–water partition coefficient (Wildman–Crippen LogP) is 4.95. The van der Waals surface area contributed by atoms with Crippen molar-refractivity contribution in [3.8, 4) is 16.3 Å². The molecule has 0 bridgehead atoms. The van der Waals surface area contributed by atoms with Crippen molar-refractivity contribution in [1.82, 2.24) is 9.78 Å². The second-order valence-corrected chi connectivity index (χ2v) is 7.62. The first kappa shape index (κ1) is 14.3. The second-order valence-electron chi connectivity index (χ2n) is 5.43. The molecular formula is C17H16IN3S. The fourth-order valence-corrected chi connectivity index (χ4v) is 3.98. The summed E-state index contributed by atoms with van der Waals surface area (Å²) in [6, 6.07) is 12.8. The Kier molecular flexibility index (Phi) is 3.92. The summed E-state index contributed by atoms with van der Waals surface area (Å²) in [4.78, 5) is 1.25. The number of benzene rings is 1. The van der Waals surface area contributed by atoms with E-state index >= 15 is 0 Å². The second kappa shape index (κ2) is 6.04. The Morgan fingerprint density at radius 3 is 2.77 bits per heavy atom. The van der Waals surface area contributed by atoms with Crippen LogP contribution >= 0.6 is 33.9 Å². The number of fused-ring (bicyclic) bond motifs is 1. The maximum Gasteiger partial charge on any atom is 0.133 e. The lowest BCUT2D eigenvalue weighted by Gasteiger charge is -2.09. The molecule has 0 fully saturated rings. The molecule has 0 spiro atoms. The highest BCUT2D eigenvalue weighted by Gasteiger charge is 2.21. The van der Waals surface area contributed by atoms with E-state index in [0.717, 1.165) is 24.3 Å². The van der Waals surface area contributed by atoms with Crippen LogP contribution in [0.15, 0.2) is 41.8 Å². The molecule has 3 aromatic rings. The van der Waals surface area contributed by atoms with E-state index in [2.05, 4.69) is 74.4 Å². The molecule has 0 atom stereocenters. The smallest absolute Gasteiger partial charge is 0.133 e. The Hall–Kier alpha value is -1.34. The van der Waals surface area contributed by atoms with Crippen molar-refractivity contribution in [2.75, 3.05) is 11.9 Å². The first-order chi connectivity index (χ1) is 10.8. The highest BCUT2D eigenvalue weighted by Crippen LogP contribution is 2.35. The Balaban J connectivity index is 1.89. The summed E-state index contributed by atoms with van der Waals surface area (Å²) in [5, 5.41) is 10.7. The number of hydrogen-bond donors (Lipinski definition) is 1. The molecule has 0 amide bonds. The van der Waals surface area contributed by atoms with Gasteiger partial charge in [0.15, 0.2) is 0 Å². The molecule has 0 unspecified atom stereocenters. The minimum Gasteiger partial charge on any atom is -0.370 e. The van der Waals surface area contributed by atoms with Crippen molar-refractivity contribution in [3.05, 3.63) is 50.9 Å². The van der Waals surface area contributed by atoms with Crippen LogP contribution in [-0.2, 0) is 6.42 Å². The maximum absolute atomic E-state index is 4.94. The first-order valence-corrected chi connectivity index (χ1v) is 9.44. The van der Waals surface area contributed by atoms with Crippen molar-refractivity contribution in [2.45, 2.75) is 19.3 Å². The van der Waals surface area contributed by atoms with E-state index in [1.807, 2.05) is 0 Å². The number of rotatable bonds is 2. The monoisotopic (exact) mass is 421 g/mol. The molecule has 0 aliphatic carbocycles.